The van der Waals surface area contributed by atoms with Gasteiger partial charge in [0.1, 0.15) is 0 Å². The topological polar surface area (TPSA) is 55.0 Å². The zero-order chi connectivity index (χ0) is 13.8. The van der Waals surface area contributed by atoms with Crippen LogP contribution >= 0.6 is 0 Å². The van der Waals surface area contributed by atoms with Crippen molar-refractivity contribution in [2.24, 2.45) is 0 Å². The molecule has 0 amide bonds. The summed E-state index contributed by atoms with van der Waals surface area (Å²) in [6.07, 6.45) is 1.87. The number of benzene rings is 1. The van der Waals surface area contributed by atoms with Gasteiger partial charge in [0.25, 0.3) is 0 Å². The average Bonchev–Trinajstić information content (AvgIpc) is 2.81. The lowest BCUT2D eigenvalue weighted by atomic mass is 10.2. The Hall–Kier alpha value is -2.54. The molecule has 1 aromatic carbocycles. The Labute approximate surface area is 111 Å². The fourth-order valence-corrected chi connectivity index (χ4v) is 1.89. The summed E-state index contributed by atoms with van der Waals surface area (Å²) >= 11 is 0. The third-order valence-electron chi connectivity index (χ3n) is 2.83. The monoisotopic (exact) mass is 254 g/mol. The van der Waals surface area contributed by atoms with E-state index in [1.807, 2.05) is 22.9 Å². The summed E-state index contributed by atoms with van der Waals surface area (Å²) in [5, 5.41) is 9.94. The molecule has 2 aromatic rings. The largest absolute Gasteiger partial charge is 0.463 e. The van der Waals surface area contributed by atoms with Gasteiger partial charge in [0.05, 0.1) is 24.8 Å². The molecule has 0 aliphatic carbocycles. The molecule has 0 aliphatic heterocycles. The van der Waals surface area contributed by atoms with Gasteiger partial charge in [-0.05, 0) is 30.5 Å². The quantitative estimate of drug-likeness (QED) is 0.622. The molecule has 19 heavy (non-hydrogen) atoms. The molecule has 0 atom stereocenters. The molecule has 96 valence electrons. The molecule has 4 heteroatoms. The highest BCUT2D eigenvalue weighted by molar-refractivity contribution is 5.88. The standard InChI is InChI=1S/C15H14N2O2/c1-3-19-15(18)11(2)10-17-7-6-13-5-4-12(9-16)8-14(13)17/h4-8H,2-3,10H2,1H3. The summed E-state index contributed by atoms with van der Waals surface area (Å²) in [5.41, 5.74) is 1.89. The molecule has 0 unspecified atom stereocenters. The predicted octanol–water partition coefficient (Wildman–Crippen LogP) is 2.63. The van der Waals surface area contributed by atoms with Crippen molar-refractivity contribution in [3.63, 3.8) is 0 Å². The van der Waals surface area contributed by atoms with Crippen molar-refractivity contribution in [2.45, 2.75) is 13.5 Å². The van der Waals surface area contributed by atoms with Crippen LogP contribution in [0.1, 0.15) is 12.5 Å². The minimum absolute atomic E-state index is 0.336. The number of ether oxygens (including phenoxy) is 1. The molecule has 1 heterocycles. The second-order valence-electron chi connectivity index (χ2n) is 4.15. The second-order valence-corrected chi connectivity index (χ2v) is 4.15. The van der Waals surface area contributed by atoms with Gasteiger partial charge in [0.2, 0.25) is 0 Å². The van der Waals surface area contributed by atoms with E-state index in [0.29, 0.717) is 24.3 Å². The van der Waals surface area contributed by atoms with Gasteiger partial charge < -0.3 is 9.30 Å². The van der Waals surface area contributed by atoms with Crippen LogP contribution in [-0.4, -0.2) is 17.1 Å². The van der Waals surface area contributed by atoms with E-state index in [1.54, 1.807) is 19.1 Å². The maximum Gasteiger partial charge on any atom is 0.335 e. The van der Waals surface area contributed by atoms with Gasteiger partial charge in [-0.15, -0.1) is 0 Å². The van der Waals surface area contributed by atoms with E-state index in [0.717, 1.165) is 10.9 Å². The van der Waals surface area contributed by atoms with E-state index < -0.39 is 0 Å². The van der Waals surface area contributed by atoms with Crippen LogP contribution in [0.4, 0.5) is 0 Å². The Kier molecular flexibility index (Phi) is 3.67. The number of hydrogen-bond donors (Lipinski definition) is 0. The number of aromatic nitrogens is 1. The van der Waals surface area contributed by atoms with Gasteiger partial charge >= 0.3 is 5.97 Å². The number of carbonyl (C=O) groups excluding carboxylic acids is 1. The maximum atomic E-state index is 11.5. The van der Waals surface area contributed by atoms with Gasteiger partial charge in [-0.3, -0.25) is 0 Å². The molecule has 0 bridgehead atoms. The Bertz CT molecular complexity index is 677. The molecule has 0 radical (unpaired) electrons. The van der Waals surface area contributed by atoms with Gasteiger partial charge in [0, 0.05) is 17.3 Å². The normalized spacial score (nSPS) is 10.1. The molecule has 0 N–H and O–H groups in total. The highest BCUT2D eigenvalue weighted by Crippen LogP contribution is 2.18. The van der Waals surface area contributed by atoms with Crippen molar-refractivity contribution in [1.29, 1.82) is 5.26 Å². The van der Waals surface area contributed by atoms with E-state index in [1.165, 1.54) is 0 Å². The molecule has 0 saturated carbocycles. The third kappa shape index (κ3) is 2.66. The van der Waals surface area contributed by atoms with Crippen LogP contribution in [0.15, 0.2) is 42.6 Å². The van der Waals surface area contributed by atoms with Crippen molar-refractivity contribution < 1.29 is 9.53 Å². The van der Waals surface area contributed by atoms with Crippen LogP contribution in [0.2, 0.25) is 0 Å². The van der Waals surface area contributed by atoms with Crippen LogP contribution < -0.4 is 0 Å². The van der Waals surface area contributed by atoms with Crippen molar-refractivity contribution in [3.05, 3.63) is 48.2 Å². The van der Waals surface area contributed by atoms with Crippen molar-refractivity contribution in [3.8, 4) is 6.07 Å². The van der Waals surface area contributed by atoms with Gasteiger partial charge in [-0.2, -0.15) is 5.26 Å². The molecule has 0 spiro atoms. The summed E-state index contributed by atoms with van der Waals surface area (Å²) in [5.74, 6) is -0.388. The maximum absolute atomic E-state index is 11.5. The molecule has 1 aromatic heterocycles. The van der Waals surface area contributed by atoms with Crippen LogP contribution in [0, 0.1) is 11.3 Å². The first-order valence-electron chi connectivity index (χ1n) is 5.99. The zero-order valence-electron chi connectivity index (χ0n) is 10.7. The second kappa shape index (κ2) is 5.40. The molecule has 0 aliphatic rings. The minimum Gasteiger partial charge on any atom is -0.463 e. The van der Waals surface area contributed by atoms with Gasteiger partial charge in [-0.25, -0.2) is 4.79 Å². The van der Waals surface area contributed by atoms with Gasteiger partial charge in [0.15, 0.2) is 0 Å². The lowest BCUT2D eigenvalue weighted by molar-refractivity contribution is -0.138. The summed E-state index contributed by atoms with van der Waals surface area (Å²) in [4.78, 5) is 11.5. The Morgan fingerprint density at radius 3 is 2.95 bits per heavy atom. The third-order valence-corrected chi connectivity index (χ3v) is 2.83. The van der Waals surface area contributed by atoms with Crippen LogP contribution in [0.3, 0.4) is 0 Å². The van der Waals surface area contributed by atoms with E-state index in [4.69, 9.17) is 10.00 Å². The SMILES string of the molecule is C=C(Cn1ccc2ccc(C#N)cc21)C(=O)OCC. The molecule has 2 rings (SSSR count). The summed E-state index contributed by atoms with van der Waals surface area (Å²) < 4.78 is 6.79. The number of esters is 1. The number of nitrogens with zero attached hydrogens (tertiary/aromatic N) is 2. The Morgan fingerprint density at radius 1 is 1.47 bits per heavy atom. The number of carbonyl (C=O) groups is 1. The van der Waals surface area contributed by atoms with Crippen molar-refractivity contribution in [2.75, 3.05) is 6.61 Å². The highest BCUT2D eigenvalue weighted by atomic mass is 16.5. The van der Waals surface area contributed by atoms with E-state index in [-0.39, 0.29) is 5.97 Å². The first-order chi connectivity index (χ1) is 9.15. The molecule has 0 saturated heterocycles. The Morgan fingerprint density at radius 2 is 2.26 bits per heavy atom. The fourth-order valence-electron chi connectivity index (χ4n) is 1.89. The van der Waals surface area contributed by atoms with E-state index in [2.05, 4.69) is 12.6 Å². The summed E-state index contributed by atoms with van der Waals surface area (Å²) in [6, 6.07) is 9.50. The van der Waals surface area contributed by atoms with Gasteiger partial charge in [-0.1, -0.05) is 12.6 Å². The van der Waals surface area contributed by atoms with Crippen LogP contribution in [0.5, 0.6) is 0 Å². The summed E-state index contributed by atoms with van der Waals surface area (Å²) in [6.45, 7) is 6.19. The zero-order valence-corrected chi connectivity index (χ0v) is 10.7. The lowest BCUT2D eigenvalue weighted by Gasteiger charge is -2.08. The summed E-state index contributed by atoms with van der Waals surface area (Å²) in [7, 11) is 0. The number of nitriles is 1. The molecule has 0 fully saturated rings. The first-order valence-corrected chi connectivity index (χ1v) is 5.99. The van der Waals surface area contributed by atoms with Crippen LogP contribution in [-0.2, 0) is 16.1 Å². The molecular formula is C15H14N2O2. The molecular weight excluding hydrogens is 240 g/mol. The fraction of sp³-hybridized carbons (Fsp3) is 0.200. The Balaban J connectivity index is 2.28. The highest BCUT2D eigenvalue weighted by Gasteiger charge is 2.10. The average molecular weight is 254 g/mol. The number of hydrogen-bond acceptors (Lipinski definition) is 3. The first kappa shape index (κ1) is 12.9. The van der Waals surface area contributed by atoms with Crippen molar-refractivity contribution in [1.82, 2.24) is 4.57 Å². The number of fused-ring (bicyclic) bond motifs is 1. The molecule has 4 nitrogen and oxygen atoms in total. The minimum atomic E-state index is -0.388. The van der Waals surface area contributed by atoms with Crippen molar-refractivity contribution >= 4 is 16.9 Å². The lowest BCUT2D eigenvalue weighted by Crippen LogP contribution is -2.11. The predicted molar refractivity (Wildman–Crippen MR) is 72.4 cm³/mol. The van der Waals surface area contributed by atoms with E-state index in [9.17, 15) is 4.79 Å². The smallest absolute Gasteiger partial charge is 0.335 e. The number of rotatable bonds is 4. The van der Waals surface area contributed by atoms with Crippen LogP contribution in [0.25, 0.3) is 10.9 Å². The van der Waals surface area contributed by atoms with E-state index >= 15 is 0 Å².